The van der Waals surface area contributed by atoms with E-state index in [0.717, 1.165) is 41.1 Å². The van der Waals surface area contributed by atoms with Gasteiger partial charge in [-0.05, 0) is 60.1 Å². The highest BCUT2D eigenvalue weighted by Crippen LogP contribution is 2.47. The fraction of sp³-hybridized carbons (Fsp3) is 0.462. The van der Waals surface area contributed by atoms with Gasteiger partial charge in [-0.15, -0.1) is 16.4 Å². The number of carbonyl (C=O) groups excluding carboxylic acids is 1. The number of piperidine rings is 1. The van der Waals surface area contributed by atoms with Gasteiger partial charge in [-0.3, -0.25) is 9.48 Å². The monoisotopic (exact) mass is 490 g/mol. The van der Waals surface area contributed by atoms with Crippen molar-refractivity contribution in [3.8, 4) is 16.8 Å². The zero-order chi connectivity index (χ0) is 24.4. The average molecular weight is 491 g/mol. The molecule has 1 saturated carbocycles. The minimum atomic E-state index is -0.280. The Labute approximate surface area is 209 Å². The number of hydrogen-bond donors (Lipinski definition) is 2. The predicted octanol–water partition coefficient (Wildman–Crippen LogP) is 4.29. The van der Waals surface area contributed by atoms with Crippen molar-refractivity contribution in [1.29, 1.82) is 5.26 Å². The Morgan fingerprint density at radius 2 is 2.14 bits per heavy atom. The molecule has 3 heterocycles. The van der Waals surface area contributed by atoms with Crippen molar-refractivity contribution in [1.82, 2.24) is 19.9 Å². The Bertz CT molecular complexity index is 1200. The van der Waals surface area contributed by atoms with E-state index in [0.29, 0.717) is 24.9 Å². The molecule has 2 N–H and O–H groups in total. The lowest BCUT2D eigenvalue weighted by Crippen LogP contribution is -2.47. The van der Waals surface area contributed by atoms with Gasteiger partial charge in [0.15, 0.2) is 6.19 Å². The van der Waals surface area contributed by atoms with E-state index in [9.17, 15) is 15.2 Å². The molecule has 3 aromatic rings. The number of anilines is 1. The molecule has 2 fully saturated rings. The molecule has 0 spiro atoms. The largest absolute Gasteiger partial charge is 0.393 e. The van der Waals surface area contributed by atoms with E-state index in [1.807, 2.05) is 52.9 Å². The van der Waals surface area contributed by atoms with Crippen molar-refractivity contribution >= 4 is 22.9 Å². The first-order valence-electron chi connectivity index (χ1n) is 12.2. The van der Waals surface area contributed by atoms with Crippen molar-refractivity contribution in [2.24, 2.45) is 17.8 Å². The van der Waals surface area contributed by atoms with Crippen LogP contribution in [0.15, 0.2) is 48.0 Å². The van der Waals surface area contributed by atoms with Crippen LogP contribution in [-0.2, 0) is 11.3 Å². The lowest BCUT2D eigenvalue weighted by molar-refractivity contribution is -0.116. The Balaban J connectivity index is 1.27. The summed E-state index contributed by atoms with van der Waals surface area (Å²) in [6.45, 7) is 3.26. The van der Waals surface area contributed by atoms with E-state index < -0.39 is 0 Å². The Hall–Kier alpha value is -3.22. The summed E-state index contributed by atoms with van der Waals surface area (Å²) in [4.78, 5) is 15.8. The smallest absolute Gasteiger partial charge is 0.226 e. The Morgan fingerprint density at radius 1 is 1.29 bits per heavy atom. The maximum Gasteiger partial charge on any atom is 0.226 e. The standard InChI is InChI=1S/C26H30N6O2S/c1-17-20-13-23(31(16-27)14-18(20)8-9-24(17)33)19-5-2-3-6-21(19)28-26(34)10-11-32-15-22(29-30-32)25-7-4-12-35-25/h2-7,12,15,17-18,20,23-24,33H,8-11,13-14H2,1H3,(H,28,34)/t17-,18+,20?,23+,24+/m1/s1. The van der Waals surface area contributed by atoms with Crippen LogP contribution in [0, 0.1) is 29.2 Å². The molecule has 1 aliphatic carbocycles. The number of aliphatic hydroxyl groups is 1. The van der Waals surface area contributed by atoms with Crippen LogP contribution in [0.1, 0.15) is 44.2 Å². The van der Waals surface area contributed by atoms with Gasteiger partial charge in [0.1, 0.15) is 5.69 Å². The third-order valence-corrected chi connectivity index (χ3v) is 8.52. The van der Waals surface area contributed by atoms with Crippen LogP contribution in [0.25, 0.3) is 10.6 Å². The molecule has 2 aromatic heterocycles. The molecule has 1 aliphatic heterocycles. The van der Waals surface area contributed by atoms with E-state index in [-0.39, 0.29) is 30.4 Å². The number of likely N-dealkylation sites (tertiary alicyclic amines) is 1. The molecule has 0 radical (unpaired) electrons. The molecule has 1 aromatic carbocycles. The number of hydrogen-bond acceptors (Lipinski definition) is 7. The number of fused-ring (bicyclic) bond motifs is 1. The molecule has 0 bridgehead atoms. The topological polar surface area (TPSA) is 107 Å². The highest BCUT2D eigenvalue weighted by molar-refractivity contribution is 7.13. The third-order valence-electron chi connectivity index (χ3n) is 7.63. The van der Waals surface area contributed by atoms with Gasteiger partial charge in [-0.25, -0.2) is 0 Å². The average Bonchev–Trinajstić information content (AvgIpc) is 3.57. The number of para-hydroxylation sites is 1. The molecule has 182 valence electrons. The van der Waals surface area contributed by atoms with E-state index in [4.69, 9.17) is 0 Å². The SMILES string of the molecule is C[C@@H]1C2C[C@@H](c3ccccc3NC(=O)CCn3cc(-c4cccs4)nn3)N(C#N)C[C@@H]2CC[C@@H]1O. The number of benzene rings is 1. The maximum absolute atomic E-state index is 12.8. The molecule has 1 unspecified atom stereocenters. The predicted molar refractivity (Wildman–Crippen MR) is 134 cm³/mol. The van der Waals surface area contributed by atoms with Crippen LogP contribution in [0.3, 0.4) is 0 Å². The second-order valence-corrected chi connectivity index (χ2v) is 10.6. The minimum Gasteiger partial charge on any atom is -0.393 e. The fourth-order valence-corrected chi connectivity index (χ4v) is 6.33. The first-order valence-corrected chi connectivity index (χ1v) is 13.1. The molecule has 5 atom stereocenters. The van der Waals surface area contributed by atoms with Gasteiger partial charge in [0, 0.05) is 18.7 Å². The molecular weight excluding hydrogens is 460 g/mol. The summed E-state index contributed by atoms with van der Waals surface area (Å²) in [7, 11) is 0. The number of thiophene rings is 1. The number of aliphatic hydroxyl groups excluding tert-OH is 1. The van der Waals surface area contributed by atoms with Gasteiger partial charge in [-0.1, -0.05) is 36.4 Å². The molecule has 5 rings (SSSR count). The third kappa shape index (κ3) is 4.95. The van der Waals surface area contributed by atoms with Crippen LogP contribution < -0.4 is 5.32 Å². The van der Waals surface area contributed by atoms with Crippen LogP contribution in [0.4, 0.5) is 5.69 Å². The first-order chi connectivity index (χ1) is 17.0. The second kappa shape index (κ2) is 10.2. The Kier molecular flexibility index (Phi) is 6.84. The molecule has 35 heavy (non-hydrogen) atoms. The number of aromatic nitrogens is 3. The van der Waals surface area contributed by atoms with Crippen LogP contribution in [0.5, 0.6) is 0 Å². The zero-order valence-electron chi connectivity index (χ0n) is 19.7. The summed E-state index contributed by atoms with van der Waals surface area (Å²) < 4.78 is 1.69. The highest BCUT2D eigenvalue weighted by atomic mass is 32.1. The van der Waals surface area contributed by atoms with Gasteiger partial charge >= 0.3 is 0 Å². The fourth-order valence-electron chi connectivity index (χ4n) is 5.66. The van der Waals surface area contributed by atoms with Crippen LogP contribution >= 0.6 is 11.3 Å². The van der Waals surface area contributed by atoms with Crippen molar-refractivity contribution in [3.05, 3.63) is 53.5 Å². The van der Waals surface area contributed by atoms with Gasteiger partial charge in [0.2, 0.25) is 5.91 Å². The van der Waals surface area contributed by atoms with Crippen molar-refractivity contribution in [2.75, 3.05) is 11.9 Å². The van der Waals surface area contributed by atoms with Gasteiger partial charge in [-0.2, -0.15) is 5.26 Å². The van der Waals surface area contributed by atoms with E-state index >= 15 is 0 Å². The number of nitrogens with one attached hydrogen (secondary N) is 1. The first kappa shape index (κ1) is 23.5. The highest BCUT2D eigenvalue weighted by Gasteiger charge is 2.43. The van der Waals surface area contributed by atoms with E-state index in [1.165, 1.54) is 0 Å². The summed E-state index contributed by atoms with van der Waals surface area (Å²) in [5.74, 6) is 0.889. The van der Waals surface area contributed by atoms with Crippen molar-refractivity contribution < 1.29 is 9.90 Å². The molecule has 8 nitrogen and oxygen atoms in total. The Morgan fingerprint density at radius 3 is 2.94 bits per heavy atom. The zero-order valence-corrected chi connectivity index (χ0v) is 20.6. The second-order valence-electron chi connectivity index (χ2n) is 9.66. The number of amides is 1. The summed E-state index contributed by atoms with van der Waals surface area (Å²) in [5, 5.41) is 33.7. The molecule has 1 amide bonds. The number of rotatable bonds is 6. The maximum atomic E-state index is 12.8. The van der Waals surface area contributed by atoms with Gasteiger partial charge in [0.25, 0.3) is 0 Å². The summed E-state index contributed by atoms with van der Waals surface area (Å²) in [6, 6.07) is 11.6. The number of nitrogens with zero attached hydrogens (tertiary/aromatic N) is 5. The summed E-state index contributed by atoms with van der Waals surface area (Å²) >= 11 is 1.60. The molecule has 9 heteroatoms. The number of carbonyl (C=O) groups is 1. The van der Waals surface area contributed by atoms with E-state index in [1.54, 1.807) is 16.0 Å². The molecule has 1 saturated heterocycles. The minimum absolute atomic E-state index is 0.107. The summed E-state index contributed by atoms with van der Waals surface area (Å²) in [5.41, 5.74) is 2.50. The molecule has 2 aliphatic rings. The lowest BCUT2D eigenvalue weighted by Gasteiger charge is -2.48. The lowest BCUT2D eigenvalue weighted by atomic mass is 9.66. The summed E-state index contributed by atoms with van der Waals surface area (Å²) in [6.07, 6.45) is 6.80. The van der Waals surface area contributed by atoms with Crippen molar-refractivity contribution in [3.63, 3.8) is 0 Å². The quantitative estimate of drug-likeness (QED) is 0.499. The van der Waals surface area contributed by atoms with Crippen LogP contribution in [-0.4, -0.2) is 43.6 Å². The number of nitriles is 1. The van der Waals surface area contributed by atoms with Crippen LogP contribution in [0.2, 0.25) is 0 Å². The van der Waals surface area contributed by atoms with Gasteiger partial charge < -0.3 is 15.3 Å². The normalized spacial score (nSPS) is 26.1. The van der Waals surface area contributed by atoms with Crippen molar-refractivity contribution in [2.45, 2.75) is 51.3 Å². The van der Waals surface area contributed by atoms with Gasteiger partial charge in [0.05, 0.1) is 29.8 Å². The van der Waals surface area contributed by atoms with E-state index in [2.05, 4.69) is 28.7 Å². The number of aryl methyl sites for hydroxylation is 1. The molecular formula is C26H30N6O2S.